The van der Waals surface area contributed by atoms with E-state index in [9.17, 15) is 31.6 Å². The van der Waals surface area contributed by atoms with Gasteiger partial charge in [-0.3, -0.25) is 18.9 Å². The van der Waals surface area contributed by atoms with Crippen molar-refractivity contribution in [2.24, 2.45) is 0 Å². The van der Waals surface area contributed by atoms with Gasteiger partial charge in [0.2, 0.25) is 0 Å². The predicted molar refractivity (Wildman–Crippen MR) is 110 cm³/mol. The Morgan fingerprint density at radius 2 is 1.37 bits per heavy atom. The van der Waals surface area contributed by atoms with E-state index < -0.39 is 20.2 Å². The number of aliphatic hydroxyl groups excluding tert-OH is 2. The second-order valence-electron chi connectivity index (χ2n) is 8.07. The van der Waals surface area contributed by atoms with E-state index >= 15 is 0 Å². The molecule has 0 aromatic heterocycles. The molecular weight excluding hydrogens is 440 g/mol. The Kier molecular flexibility index (Phi) is 9.42. The van der Waals surface area contributed by atoms with E-state index in [0.717, 1.165) is 0 Å². The second-order valence-corrected chi connectivity index (χ2v) is 11.2. The van der Waals surface area contributed by atoms with Gasteiger partial charge >= 0.3 is 0 Å². The molecule has 12 nitrogen and oxygen atoms in total. The molecule has 2 saturated heterocycles. The van der Waals surface area contributed by atoms with Crippen LogP contribution in [-0.2, 0) is 20.2 Å². The highest BCUT2D eigenvalue weighted by Crippen LogP contribution is 2.25. The zero-order valence-electron chi connectivity index (χ0n) is 17.2. The second kappa shape index (κ2) is 10.9. The van der Waals surface area contributed by atoms with Gasteiger partial charge in [0.1, 0.15) is 5.75 Å². The van der Waals surface area contributed by atoms with Gasteiger partial charge in [-0.05, 0) is 0 Å². The molecule has 2 fully saturated rings. The fraction of sp³-hybridized carbons (Fsp3) is 1.00. The van der Waals surface area contributed by atoms with Crippen LogP contribution >= 0.6 is 0 Å². The Morgan fingerprint density at radius 1 is 0.767 bits per heavy atom. The van der Waals surface area contributed by atoms with Crippen LogP contribution in [0.4, 0.5) is 0 Å². The van der Waals surface area contributed by atoms with Gasteiger partial charge in [-0.1, -0.05) is 0 Å². The molecule has 4 N–H and O–H groups in total. The van der Waals surface area contributed by atoms with Crippen molar-refractivity contribution >= 4 is 20.2 Å². The first kappa shape index (κ1) is 25.8. The maximum absolute atomic E-state index is 11.5. The number of β-amino-alcohol motifs (C(OH)–C–C–N with tert-alkyl or cyclic N) is 2. The molecule has 14 heteroatoms. The lowest BCUT2D eigenvalue weighted by molar-refractivity contribution is -0.964. The fourth-order valence-electron chi connectivity index (χ4n) is 4.45. The monoisotopic (exact) mass is 475 g/mol. The Labute approximate surface area is 178 Å². The van der Waals surface area contributed by atoms with Crippen molar-refractivity contribution in [1.29, 1.82) is 0 Å². The lowest BCUT2D eigenvalue weighted by Gasteiger charge is -2.55. The van der Waals surface area contributed by atoms with Crippen molar-refractivity contribution in [3.63, 3.8) is 0 Å². The minimum absolute atomic E-state index is 0.0362. The first-order valence-electron chi connectivity index (χ1n) is 10.1. The van der Waals surface area contributed by atoms with Crippen LogP contribution in [0.1, 0.15) is 0 Å². The number of quaternary nitrogens is 1. The highest BCUT2D eigenvalue weighted by atomic mass is 32.2. The molecule has 2 heterocycles. The van der Waals surface area contributed by atoms with Gasteiger partial charge in [-0.2, -0.15) is 16.8 Å². The summed E-state index contributed by atoms with van der Waals surface area (Å²) in [4.78, 5) is 6.12. The number of rotatable bonds is 11. The van der Waals surface area contributed by atoms with E-state index in [1.165, 1.54) is 0 Å². The lowest BCUT2D eigenvalue weighted by atomic mass is 10.1. The number of hydrogen-bond acceptors (Lipinski definition) is 9. The summed E-state index contributed by atoms with van der Waals surface area (Å²) >= 11 is 0. The molecule has 1 atom stereocenters. The highest BCUT2D eigenvalue weighted by molar-refractivity contribution is 7.86. The van der Waals surface area contributed by atoms with E-state index in [2.05, 4.69) is 9.80 Å². The fourth-order valence-corrected chi connectivity index (χ4v) is 5.53. The Bertz CT molecular complexity index is 740. The van der Waals surface area contributed by atoms with Gasteiger partial charge in [0.15, 0.2) is 6.17 Å². The third-order valence-corrected chi connectivity index (χ3v) is 7.56. The van der Waals surface area contributed by atoms with Crippen LogP contribution in [0.5, 0.6) is 0 Å². The normalized spacial score (nSPS) is 24.9. The number of nitrogens with zero attached hydrogens (tertiary/aromatic N) is 4. The van der Waals surface area contributed by atoms with Crippen molar-refractivity contribution in [2.75, 3.05) is 96.7 Å². The summed E-state index contributed by atoms with van der Waals surface area (Å²) in [6, 6.07) is 0. The highest BCUT2D eigenvalue weighted by Gasteiger charge is 2.46. The average Bonchev–Trinajstić information content (AvgIpc) is 2.66. The summed E-state index contributed by atoms with van der Waals surface area (Å²) < 4.78 is 64.1. The lowest BCUT2D eigenvalue weighted by Crippen LogP contribution is -2.74. The Morgan fingerprint density at radius 3 is 1.90 bits per heavy atom. The van der Waals surface area contributed by atoms with Crippen molar-refractivity contribution in [3.8, 4) is 0 Å². The first-order chi connectivity index (χ1) is 14.0. The Balaban J connectivity index is 2.23. The molecule has 0 amide bonds. The molecule has 0 radical (unpaired) electrons. The molecule has 0 bridgehead atoms. The summed E-state index contributed by atoms with van der Waals surface area (Å²) in [6.45, 7) is 5.40. The summed E-state index contributed by atoms with van der Waals surface area (Å²) in [6.07, 6.45) is -0.190. The van der Waals surface area contributed by atoms with E-state index in [-0.39, 0.29) is 44.0 Å². The van der Waals surface area contributed by atoms with Gasteiger partial charge in [0, 0.05) is 45.8 Å². The zero-order chi connectivity index (χ0) is 22.4. The summed E-state index contributed by atoms with van der Waals surface area (Å²) in [5, 5.41) is 18.7. The molecule has 0 spiro atoms. The third kappa shape index (κ3) is 7.93. The smallest absolute Gasteiger partial charge is 0.270 e. The zero-order valence-corrected chi connectivity index (χ0v) is 18.8. The van der Waals surface area contributed by atoms with Crippen molar-refractivity contribution in [1.82, 2.24) is 14.7 Å². The van der Waals surface area contributed by atoms with E-state index in [0.29, 0.717) is 63.4 Å². The van der Waals surface area contributed by atoms with Crippen LogP contribution in [0, 0.1) is 0 Å². The predicted octanol–water partition coefficient (Wildman–Crippen LogP) is -3.18. The molecule has 2 rings (SSSR count). The van der Waals surface area contributed by atoms with E-state index in [1.807, 2.05) is 4.90 Å². The minimum atomic E-state index is -4.16. The van der Waals surface area contributed by atoms with Gasteiger partial charge in [-0.15, -0.1) is 0 Å². The SMILES string of the molecule is O=S(=O)(O)CCN1CCN(CCO)C([N+]2(CCS(=O)(=O)O)CCN(CCO)CC2)C1. The van der Waals surface area contributed by atoms with Gasteiger partial charge in [0.05, 0.1) is 45.1 Å². The molecule has 178 valence electrons. The Hall–Kier alpha value is -0.420. The van der Waals surface area contributed by atoms with Gasteiger partial charge in [0.25, 0.3) is 20.2 Å². The average molecular weight is 476 g/mol. The molecule has 0 aliphatic carbocycles. The molecular formula is C16H35N4O8S2+. The quantitative estimate of drug-likeness (QED) is 0.176. The van der Waals surface area contributed by atoms with E-state index in [1.54, 1.807) is 0 Å². The largest absolute Gasteiger partial charge is 0.395 e. The van der Waals surface area contributed by atoms with E-state index in [4.69, 9.17) is 4.55 Å². The van der Waals surface area contributed by atoms with Gasteiger partial charge in [-0.25, -0.2) is 4.90 Å². The van der Waals surface area contributed by atoms with Gasteiger partial charge < -0.3 is 14.7 Å². The first-order valence-corrected chi connectivity index (χ1v) is 13.4. The minimum Gasteiger partial charge on any atom is -0.395 e. The molecule has 0 aromatic rings. The maximum atomic E-state index is 11.5. The molecule has 2 aliphatic rings. The van der Waals surface area contributed by atoms with Crippen LogP contribution in [0.15, 0.2) is 0 Å². The summed E-state index contributed by atoms with van der Waals surface area (Å²) in [7, 11) is -8.25. The molecule has 0 aromatic carbocycles. The number of aliphatic hydroxyl groups is 2. The number of hydrogen-bond donors (Lipinski definition) is 4. The van der Waals surface area contributed by atoms with Crippen LogP contribution in [0.2, 0.25) is 0 Å². The molecule has 1 unspecified atom stereocenters. The maximum Gasteiger partial charge on any atom is 0.270 e. The topological polar surface area (TPSA) is 159 Å². The third-order valence-electron chi connectivity index (χ3n) is 6.17. The van der Waals surface area contributed by atoms with Crippen LogP contribution in [0.25, 0.3) is 0 Å². The summed E-state index contributed by atoms with van der Waals surface area (Å²) in [5.74, 6) is -0.767. The molecule has 0 saturated carbocycles. The summed E-state index contributed by atoms with van der Waals surface area (Å²) in [5.41, 5.74) is 0. The van der Waals surface area contributed by atoms with Crippen molar-refractivity contribution < 1.29 is 40.6 Å². The van der Waals surface area contributed by atoms with Crippen molar-refractivity contribution in [2.45, 2.75) is 6.17 Å². The standard InChI is InChI=1S/C16H34N4O8S2/c21-11-5-17-3-8-20(9-4-17,10-14-30(26,27)28)16-15-18(7-13-29(23,24)25)1-2-19(16)6-12-22/h16,21-22H,1-15H2,(H-,23,24,25,26,27,28)/p+1. The number of piperazine rings is 2. The van der Waals surface area contributed by atoms with Crippen LogP contribution in [-0.4, -0.2) is 158 Å². The van der Waals surface area contributed by atoms with Crippen LogP contribution in [0.3, 0.4) is 0 Å². The molecule has 30 heavy (non-hydrogen) atoms. The molecule has 2 aliphatic heterocycles. The van der Waals surface area contributed by atoms with Crippen molar-refractivity contribution in [3.05, 3.63) is 0 Å². The van der Waals surface area contributed by atoms with Crippen LogP contribution < -0.4 is 0 Å².